The zero-order chi connectivity index (χ0) is 27.7. The van der Waals surface area contributed by atoms with Crippen molar-refractivity contribution in [3.8, 4) is 11.5 Å². The van der Waals surface area contributed by atoms with Gasteiger partial charge in [0.2, 0.25) is 0 Å². The SMILES string of the molecule is CC(C)c1ccc2c(c1)c1c(n2Cc2ccccc2)[C@@H]2Oc3c(O)ccc4c3[C@@]23CCN(CC2CC2)[C@@H](C4)[C@]3(O)C1. The fourth-order valence-electron chi connectivity index (χ4n) is 9.17. The summed E-state index contributed by atoms with van der Waals surface area (Å²) in [5, 5.41) is 25.7. The molecule has 1 aromatic heterocycles. The Balaban J connectivity index is 1.32. The number of fused-ring (bicyclic) bond motifs is 4. The van der Waals surface area contributed by atoms with Gasteiger partial charge in [-0.05, 0) is 84.5 Å². The molecule has 0 amide bonds. The van der Waals surface area contributed by atoms with Crippen LogP contribution in [0.1, 0.15) is 78.6 Å². The molecule has 1 spiro atoms. The molecule has 0 radical (unpaired) electrons. The first-order valence-electron chi connectivity index (χ1n) is 15.6. The number of rotatable bonds is 5. The molecule has 5 aliphatic rings. The predicted molar refractivity (Wildman–Crippen MR) is 160 cm³/mol. The Kier molecular flexibility index (Phi) is 4.85. The first-order chi connectivity index (χ1) is 19.9. The summed E-state index contributed by atoms with van der Waals surface area (Å²) >= 11 is 0. The van der Waals surface area contributed by atoms with E-state index in [1.165, 1.54) is 51.7 Å². The Morgan fingerprint density at radius 3 is 2.66 bits per heavy atom. The molecule has 3 heterocycles. The van der Waals surface area contributed by atoms with Gasteiger partial charge >= 0.3 is 0 Å². The van der Waals surface area contributed by atoms with Gasteiger partial charge in [0.15, 0.2) is 17.6 Å². The number of likely N-dealkylation sites (tertiary alicyclic amines) is 1. The standard InChI is InChI=1S/C36H38N2O3/c1-21(2)24-10-12-28-26(16-24)27-18-36(40)30-17-25-11-13-29(39)33-31(25)35(36,14-15-37(30)19-23-8-9-23)34(41-33)32(27)38(28)20-22-6-4-3-5-7-22/h3-7,10-13,16,21,23,30,34,39-40H,8-9,14-15,17-20H2,1-2H3/t30-,34-,35-,36+/m0/s1. The Labute approximate surface area is 241 Å². The number of nitrogens with zero attached hydrogens (tertiary/aromatic N) is 2. The van der Waals surface area contributed by atoms with Crippen molar-refractivity contribution in [3.05, 3.63) is 94.2 Å². The van der Waals surface area contributed by atoms with Crippen LogP contribution in [0.5, 0.6) is 11.5 Å². The van der Waals surface area contributed by atoms with Gasteiger partial charge in [0.05, 0.1) is 16.7 Å². The van der Waals surface area contributed by atoms with Crippen molar-refractivity contribution in [2.45, 2.75) is 81.6 Å². The maximum absolute atomic E-state index is 13.3. The Bertz CT molecular complexity index is 1720. The molecule has 3 aromatic carbocycles. The van der Waals surface area contributed by atoms with Crippen molar-refractivity contribution >= 4 is 10.9 Å². The molecular weight excluding hydrogens is 508 g/mol. The lowest BCUT2D eigenvalue weighted by atomic mass is 9.49. The van der Waals surface area contributed by atoms with Crippen molar-refractivity contribution in [3.63, 3.8) is 0 Å². The molecule has 0 unspecified atom stereocenters. The third-order valence-corrected chi connectivity index (χ3v) is 11.3. The summed E-state index contributed by atoms with van der Waals surface area (Å²) in [6.45, 7) is 7.28. The number of hydrogen-bond donors (Lipinski definition) is 2. The number of aliphatic hydroxyl groups is 1. The monoisotopic (exact) mass is 546 g/mol. The van der Waals surface area contributed by atoms with Crippen LogP contribution >= 0.6 is 0 Å². The summed E-state index contributed by atoms with van der Waals surface area (Å²) in [5.74, 6) is 1.98. The van der Waals surface area contributed by atoms with E-state index < -0.39 is 11.0 Å². The zero-order valence-electron chi connectivity index (χ0n) is 23.9. The van der Waals surface area contributed by atoms with Crippen LogP contribution in [0.3, 0.4) is 0 Å². The second-order valence-electron chi connectivity index (χ2n) is 13.8. The van der Waals surface area contributed by atoms with Crippen molar-refractivity contribution < 1.29 is 14.9 Å². The minimum atomic E-state index is -0.969. The Hall–Kier alpha value is -3.28. The van der Waals surface area contributed by atoms with Crippen LogP contribution in [0, 0.1) is 5.92 Å². The molecule has 3 aliphatic carbocycles. The van der Waals surface area contributed by atoms with E-state index in [2.05, 4.69) is 77.9 Å². The highest BCUT2D eigenvalue weighted by molar-refractivity contribution is 5.88. The largest absolute Gasteiger partial charge is 0.504 e. The van der Waals surface area contributed by atoms with E-state index in [1.807, 2.05) is 6.07 Å². The van der Waals surface area contributed by atoms with E-state index in [0.717, 1.165) is 44.0 Å². The number of hydrogen-bond acceptors (Lipinski definition) is 4. The van der Waals surface area contributed by atoms with Gasteiger partial charge < -0.3 is 19.5 Å². The third-order valence-electron chi connectivity index (χ3n) is 11.3. The fourth-order valence-corrected chi connectivity index (χ4v) is 9.17. The van der Waals surface area contributed by atoms with Gasteiger partial charge in [-0.3, -0.25) is 4.90 Å². The summed E-state index contributed by atoms with van der Waals surface area (Å²) in [7, 11) is 0. The van der Waals surface area contributed by atoms with Crippen LogP contribution in [0.25, 0.3) is 10.9 Å². The maximum atomic E-state index is 13.3. The number of piperidine rings is 1. The topological polar surface area (TPSA) is 57.9 Å². The van der Waals surface area contributed by atoms with Gasteiger partial charge in [0, 0.05) is 42.0 Å². The van der Waals surface area contributed by atoms with Gasteiger partial charge in [0.1, 0.15) is 0 Å². The van der Waals surface area contributed by atoms with Gasteiger partial charge in [-0.2, -0.15) is 0 Å². The van der Waals surface area contributed by atoms with Crippen LogP contribution in [-0.4, -0.2) is 44.4 Å². The number of aromatic hydroxyl groups is 1. The lowest BCUT2D eigenvalue weighted by molar-refractivity contribution is -0.173. The van der Waals surface area contributed by atoms with E-state index in [0.29, 0.717) is 18.1 Å². The number of phenolic OH excluding ortho intramolecular Hbond substituents is 1. The average molecular weight is 547 g/mol. The van der Waals surface area contributed by atoms with E-state index in [9.17, 15) is 10.2 Å². The lowest BCUT2D eigenvalue weighted by Crippen LogP contribution is -2.74. The lowest BCUT2D eigenvalue weighted by Gasteiger charge is -2.63. The highest BCUT2D eigenvalue weighted by Crippen LogP contribution is 2.69. The van der Waals surface area contributed by atoms with Crippen molar-refractivity contribution in [1.82, 2.24) is 9.47 Å². The second-order valence-corrected chi connectivity index (χ2v) is 13.8. The quantitative estimate of drug-likeness (QED) is 0.312. The molecule has 1 saturated heterocycles. The molecule has 9 rings (SSSR count). The molecular formula is C36H38N2O3. The van der Waals surface area contributed by atoms with Gasteiger partial charge in [-0.1, -0.05) is 56.3 Å². The highest BCUT2D eigenvalue weighted by Gasteiger charge is 2.73. The number of aromatic nitrogens is 1. The molecule has 4 atom stereocenters. The van der Waals surface area contributed by atoms with Gasteiger partial charge in [-0.15, -0.1) is 0 Å². The molecule has 2 bridgehead atoms. The summed E-state index contributed by atoms with van der Waals surface area (Å²) in [4.78, 5) is 2.61. The Morgan fingerprint density at radius 2 is 1.88 bits per heavy atom. The van der Waals surface area contributed by atoms with Crippen LogP contribution in [0.2, 0.25) is 0 Å². The van der Waals surface area contributed by atoms with Crippen LogP contribution in [0.15, 0.2) is 60.7 Å². The second kappa shape index (κ2) is 8.17. The minimum Gasteiger partial charge on any atom is -0.504 e. The molecule has 4 aromatic rings. The molecule has 41 heavy (non-hydrogen) atoms. The molecule has 1 saturated carbocycles. The van der Waals surface area contributed by atoms with E-state index >= 15 is 0 Å². The first-order valence-corrected chi connectivity index (χ1v) is 15.6. The molecule has 210 valence electrons. The smallest absolute Gasteiger partial charge is 0.166 e. The van der Waals surface area contributed by atoms with Crippen LogP contribution in [-0.2, 0) is 24.8 Å². The highest BCUT2D eigenvalue weighted by atomic mass is 16.5. The van der Waals surface area contributed by atoms with Crippen molar-refractivity contribution in [2.75, 3.05) is 13.1 Å². The van der Waals surface area contributed by atoms with Crippen LogP contribution < -0.4 is 4.74 Å². The Morgan fingerprint density at radius 1 is 1.05 bits per heavy atom. The molecule has 5 nitrogen and oxygen atoms in total. The van der Waals surface area contributed by atoms with Crippen molar-refractivity contribution in [2.24, 2.45) is 5.92 Å². The number of benzene rings is 3. The summed E-state index contributed by atoms with van der Waals surface area (Å²) in [5.41, 5.74) is 6.97. The van der Waals surface area contributed by atoms with E-state index in [1.54, 1.807) is 0 Å². The minimum absolute atomic E-state index is 0.0416. The van der Waals surface area contributed by atoms with E-state index in [4.69, 9.17) is 4.74 Å². The zero-order valence-corrected chi connectivity index (χ0v) is 23.9. The third kappa shape index (κ3) is 3.09. The normalized spacial score (nSPS) is 29.5. The average Bonchev–Trinajstić information content (AvgIpc) is 3.65. The summed E-state index contributed by atoms with van der Waals surface area (Å²) < 4.78 is 9.43. The predicted octanol–water partition coefficient (Wildman–Crippen LogP) is 6.22. The van der Waals surface area contributed by atoms with Crippen LogP contribution in [0.4, 0.5) is 0 Å². The maximum Gasteiger partial charge on any atom is 0.166 e. The van der Waals surface area contributed by atoms with Gasteiger partial charge in [0.25, 0.3) is 0 Å². The first kappa shape index (κ1) is 24.3. The molecule has 2 aliphatic heterocycles. The number of phenols is 1. The molecule has 2 fully saturated rings. The summed E-state index contributed by atoms with van der Waals surface area (Å²) in [6, 6.07) is 21.5. The molecule has 2 N–H and O–H groups in total. The van der Waals surface area contributed by atoms with Crippen molar-refractivity contribution in [1.29, 1.82) is 0 Å². The van der Waals surface area contributed by atoms with Gasteiger partial charge in [-0.25, -0.2) is 0 Å². The fraction of sp³-hybridized carbons (Fsp3) is 0.444. The van der Waals surface area contributed by atoms with E-state index in [-0.39, 0.29) is 17.9 Å². The number of ether oxygens (including phenoxy) is 1. The molecule has 5 heteroatoms. The summed E-state index contributed by atoms with van der Waals surface area (Å²) in [6.07, 6.45) is 4.53.